The summed E-state index contributed by atoms with van der Waals surface area (Å²) in [5.74, 6) is 0.941. The van der Waals surface area contributed by atoms with Gasteiger partial charge in [0.1, 0.15) is 4.64 Å². The maximum absolute atomic E-state index is 12.1. The normalized spacial score (nSPS) is 10.6. The lowest BCUT2D eigenvalue weighted by Crippen LogP contribution is -2.14. The molecule has 0 aliphatic rings. The number of hydrogen-bond donors (Lipinski definition) is 2. The molecule has 128 valence electrons. The number of nitrogens with zero attached hydrogens (tertiary/aromatic N) is 3. The van der Waals surface area contributed by atoms with Gasteiger partial charge in [-0.05, 0) is 31.2 Å². The van der Waals surface area contributed by atoms with Gasteiger partial charge in [0.05, 0.1) is 5.75 Å². The van der Waals surface area contributed by atoms with Crippen molar-refractivity contribution in [2.75, 3.05) is 11.1 Å². The van der Waals surface area contributed by atoms with Crippen LogP contribution in [0.25, 0.3) is 11.4 Å². The minimum absolute atomic E-state index is 0.0767. The molecule has 25 heavy (non-hydrogen) atoms. The SMILES string of the molecule is CCn1c(SCC(=O)Nc2ccccc2)nnc1-c1ccc(=S)[nH]c1. The van der Waals surface area contributed by atoms with Crippen molar-refractivity contribution < 1.29 is 4.79 Å². The number of H-pyrrole nitrogens is 1. The molecule has 0 spiro atoms. The summed E-state index contributed by atoms with van der Waals surface area (Å²) in [6.07, 6.45) is 1.81. The fourth-order valence-corrected chi connectivity index (χ4v) is 3.22. The van der Waals surface area contributed by atoms with Crippen molar-refractivity contribution in [3.05, 3.63) is 53.3 Å². The van der Waals surface area contributed by atoms with Crippen molar-refractivity contribution in [2.45, 2.75) is 18.6 Å². The first-order valence-electron chi connectivity index (χ1n) is 7.77. The first-order chi connectivity index (χ1) is 12.2. The number of aromatic nitrogens is 4. The van der Waals surface area contributed by atoms with Crippen LogP contribution in [0.5, 0.6) is 0 Å². The van der Waals surface area contributed by atoms with Crippen LogP contribution < -0.4 is 5.32 Å². The van der Waals surface area contributed by atoms with Crippen LogP contribution >= 0.6 is 24.0 Å². The summed E-state index contributed by atoms with van der Waals surface area (Å²) in [5, 5.41) is 12.0. The third-order valence-electron chi connectivity index (χ3n) is 3.47. The molecule has 2 aromatic heterocycles. The van der Waals surface area contributed by atoms with E-state index in [9.17, 15) is 4.79 Å². The monoisotopic (exact) mass is 371 g/mol. The number of rotatable bonds is 6. The first-order valence-corrected chi connectivity index (χ1v) is 9.16. The molecule has 0 fully saturated rings. The van der Waals surface area contributed by atoms with Crippen molar-refractivity contribution in [3.63, 3.8) is 0 Å². The third-order valence-corrected chi connectivity index (χ3v) is 4.69. The Balaban J connectivity index is 1.70. The number of carbonyl (C=O) groups excluding carboxylic acids is 1. The molecule has 0 atom stereocenters. The maximum Gasteiger partial charge on any atom is 0.234 e. The number of amides is 1. The molecule has 0 saturated heterocycles. The molecule has 0 aliphatic heterocycles. The maximum atomic E-state index is 12.1. The number of nitrogens with one attached hydrogen (secondary N) is 2. The van der Waals surface area contributed by atoms with Crippen LogP contribution in [0.2, 0.25) is 0 Å². The largest absolute Gasteiger partial charge is 0.352 e. The smallest absolute Gasteiger partial charge is 0.234 e. The summed E-state index contributed by atoms with van der Waals surface area (Å²) in [6, 6.07) is 13.1. The Morgan fingerprint density at radius 3 is 2.72 bits per heavy atom. The second-order valence-corrected chi connectivity index (χ2v) is 6.58. The zero-order valence-corrected chi connectivity index (χ0v) is 15.2. The van der Waals surface area contributed by atoms with E-state index in [-0.39, 0.29) is 11.7 Å². The number of para-hydroxylation sites is 1. The van der Waals surface area contributed by atoms with Gasteiger partial charge in [0, 0.05) is 24.0 Å². The highest BCUT2D eigenvalue weighted by atomic mass is 32.2. The standard InChI is InChI=1S/C17H17N5OS2/c1-2-22-16(12-8-9-15(24)18-10-12)20-21-17(22)25-11-14(23)19-13-6-4-3-5-7-13/h3-10H,2,11H2,1H3,(H,18,24)(H,19,23). The van der Waals surface area contributed by atoms with E-state index >= 15 is 0 Å². The second kappa shape index (κ2) is 8.09. The molecule has 2 N–H and O–H groups in total. The highest BCUT2D eigenvalue weighted by Gasteiger charge is 2.14. The van der Waals surface area contributed by atoms with Gasteiger partial charge in [-0.3, -0.25) is 4.79 Å². The van der Waals surface area contributed by atoms with Gasteiger partial charge < -0.3 is 14.9 Å². The Kier molecular flexibility index (Phi) is 5.62. The van der Waals surface area contributed by atoms with Gasteiger partial charge in [-0.2, -0.15) is 0 Å². The van der Waals surface area contributed by atoms with E-state index in [0.717, 1.165) is 17.1 Å². The fourth-order valence-electron chi connectivity index (χ4n) is 2.29. The molecular formula is C17H17N5OS2. The highest BCUT2D eigenvalue weighted by molar-refractivity contribution is 7.99. The van der Waals surface area contributed by atoms with E-state index in [1.54, 1.807) is 0 Å². The van der Waals surface area contributed by atoms with Crippen LogP contribution in [-0.2, 0) is 11.3 Å². The van der Waals surface area contributed by atoms with E-state index in [0.29, 0.717) is 16.3 Å². The average molecular weight is 371 g/mol. The molecule has 0 unspecified atom stereocenters. The number of benzene rings is 1. The van der Waals surface area contributed by atoms with Crippen LogP contribution in [0.4, 0.5) is 5.69 Å². The minimum atomic E-state index is -0.0767. The second-order valence-electron chi connectivity index (χ2n) is 5.19. The van der Waals surface area contributed by atoms with Crippen molar-refractivity contribution >= 4 is 35.6 Å². The van der Waals surface area contributed by atoms with Gasteiger partial charge in [-0.1, -0.05) is 42.2 Å². The molecule has 3 aromatic rings. The quantitative estimate of drug-likeness (QED) is 0.510. The van der Waals surface area contributed by atoms with Gasteiger partial charge in [0.25, 0.3) is 0 Å². The van der Waals surface area contributed by atoms with E-state index in [1.807, 2.05) is 60.2 Å². The van der Waals surface area contributed by atoms with Crippen LogP contribution in [-0.4, -0.2) is 31.4 Å². The van der Waals surface area contributed by atoms with E-state index in [1.165, 1.54) is 11.8 Å². The van der Waals surface area contributed by atoms with Crippen molar-refractivity contribution in [1.82, 2.24) is 19.7 Å². The topological polar surface area (TPSA) is 75.6 Å². The van der Waals surface area contributed by atoms with Gasteiger partial charge in [-0.25, -0.2) is 0 Å². The highest BCUT2D eigenvalue weighted by Crippen LogP contribution is 2.23. The Labute approximate surface area is 154 Å². The molecule has 6 nitrogen and oxygen atoms in total. The summed E-state index contributed by atoms with van der Waals surface area (Å²) in [7, 11) is 0. The zero-order valence-electron chi connectivity index (χ0n) is 13.6. The van der Waals surface area contributed by atoms with Crippen LogP contribution in [0.3, 0.4) is 0 Å². The van der Waals surface area contributed by atoms with Crippen LogP contribution in [0.1, 0.15) is 6.92 Å². The Bertz CT molecular complexity index is 900. The van der Waals surface area contributed by atoms with Crippen molar-refractivity contribution in [2.24, 2.45) is 0 Å². The number of hydrogen-bond acceptors (Lipinski definition) is 5. The molecule has 0 bridgehead atoms. The molecule has 0 saturated carbocycles. The van der Waals surface area contributed by atoms with E-state index in [2.05, 4.69) is 20.5 Å². The van der Waals surface area contributed by atoms with Crippen LogP contribution in [0, 0.1) is 4.64 Å². The number of carbonyl (C=O) groups is 1. The summed E-state index contributed by atoms with van der Waals surface area (Å²) in [4.78, 5) is 15.1. The van der Waals surface area contributed by atoms with E-state index < -0.39 is 0 Å². The van der Waals surface area contributed by atoms with Gasteiger partial charge in [0.15, 0.2) is 11.0 Å². The van der Waals surface area contributed by atoms with Crippen molar-refractivity contribution in [1.29, 1.82) is 0 Å². The Morgan fingerprint density at radius 2 is 2.04 bits per heavy atom. The molecule has 3 rings (SSSR count). The molecule has 0 radical (unpaired) electrons. The number of pyridine rings is 1. The summed E-state index contributed by atoms with van der Waals surface area (Å²) < 4.78 is 2.64. The summed E-state index contributed by atoms with van der Waals surface area (Å²) in [6.45, 7) is 2.73. The summed E-state index contributed by atoms with van der Waals surface area (Å²) >= 11 is 6.43. The van der Waals surface area contributed by atoms with E-state index in [4.69, 9.17) is 12.2 Å². The fraction of sp³-hybridized carbons (Fsp3) is 0.176. The minimum Gasteiger partial charge on any atom is -0.352 e. The lowest BCUT2D eigenvalue weighted by molar-refractivity contribution is -0.113. The molecule has 2 heterocycles. The Morgan fingerprint density at radius 1 is 1.24 bits per heavy atom. The van der Waals surface area contributed by atoms with Gasteiger partial charge >= 0.3 is 0 Å². The molecule has 8 heteroatoms. The van der Waals surface area contributed by atoms with Gasteiger partial charge in [-0.15, -0.1) is 10.2 Å². The third kappa shape index (κ3) is 4.34. The predicted molar refractivity (Wildman–Crippen MR) is 102 cm³/mol. The molecular weight excluding hydrogens is 354 g/mol. The van der Waals surface area contributed by atoms with Crippen LogP contribution in [0.15, 0.2) is 53.8 Å². The number of aromatic amines is 1. The van der Waals surface area contributed by atoms with Crippen molar-refractivity contribution in [3.8, 4) is 11.4 Å². The summed E-state index contributed by atoms with van der Waals surface area (Å²) in [5.41, 5.74) is 1.69. The average Bonchev–Trinajstić information content (AvgIpc) is 3.04. The molecule has 1 aromatic carbocycles. The number of thioether (sulfide) groups is 1. The lowest BCUT2D eigenvalue weighted by atomic mass is 10.3. The first kappa shape index (κ1) is 17.4. The van der Waals surface area contributed by atoms with Gasteiger partial charge in [0.2, 0.25) is 5.91 Å². The lowest BCUT2D eigenvalue weighted by Gasteiger charge is -2.07. The molecule has 1 amide bonds. The Hall–Kier alpha value is -2.45. The zero-order chi connectivity index (χ0) is 17.6. The predicted octanol–water partition coefficient (Wildman–Crippen LogP) is 3.75. The molecule has 0 aliphatic carbocycles. The number of anilines is 1.